The number of nitrogens with zero attached hydrogens (tertiary/aromatic N) is 1. The van der Waals surface area contributed by atoms with Crippen LogP contribution in [-0.2, 0) is 11.2 Å². The first kappa shape index (κ1) is 15.1. The molecular weight excluding hydrogens is 286 g/mol. The van der Waals surface area contributed by atoms with Crippen molar-refractivity contribution in [2.24, 2.45) is 4.99 Å². The highest BCUT2D eigenvalue weighted by Crippen LogP contribution is 2.23. The first-order valence-corrected chi connectivity index (χ1v) is 7.57. The first-order valence-electron chi connectivity index (χ1n) is 7.57. The quantitative estimate of drug-likeness (QED) is 0.807. The Morgan fingerprint density at radius 2 is 1.74 bits per heavy atom. The van der Waals surface area contributed by atoms with Crippen molar-refractivity contribution in [3.63, 3.8) is 0 Å². The summed E-state index contributed by atoms with van der Waals surface area (Å²) in [5, 5.41) is 0. The SMILES string of the molecule is CC(=O)c1ccc(C2C=CN=C(Cc3ccccc3)C2=O)cc1. The molecule has 2 aromatic rings. The molecule has 1 heterocycles. The third-order valence-corrected chi connectivity index (χ3v) is 3.97. The van der Waals surface area contributed by atoms with Crippen molar-refractivity contribution in [3.05, 3.63) is 83.6 Å². The van der Waals surface area contributed by atoms with E-state index in [1.165, 1.54) is 6.92 Å². The minimum absolute atomic E-state index is 0.0203. The van der Waals surface area contributed by atoms with Crippen molar-refractivity contribution in [1.29, 1.82) is 0 Å². The van der Waals surface area contributed by atoms with E-state index >= 15 is 0 Å². The number of aliphatic imine (C=N–C) groups is 1. The molecule has 0 aliphatic carbocycles. The zero-order chi connectivity index (χ0) is 16.2. The molecule has 1 aliphatic heterocycles. The molecule has 0 N–H and O–H groups in total. The van der Waals surface area contributed by atoms with Crippen LogP contribution >= 0.6 is 0 Å². The molecule has 0 aromatic heterocycles. The molecule has 0 saturated carbocycles. The third-order valence-electron chi connectivity index (χ3n) is 3.97. The molecule has 0 radical (unpaired) electrons. The highest BCUT2D eigenvalue weighted by Gasteiger charge is 2.25. The lowest BCUT2D eigenvalue weighted by molar-refractivity contribution is -0.113. The normalized spacial score (nSPS) is 17.0. The summed E-state index contributed by atoms with van der Waals surface area (Å²) in [5.74, 6) is -0.285. The Morgan fingerprint density at radius 3 is 2.39 bits per heavy atom. The minimum atomic E-state index is -0.327. The second-order valence-electron chi connectivity index (χ2n) is 5.60. The van der Waals surface area contributed by atoms with E-state index in [9.17, 15) is 9.59 Å². The summed E-state index contributed by atoms with van der Waals surface area (Å²) in [7, 11) is 0. The van der Waals surface area contributed by atoms with Gasteiger partial charge in [0, 0.05) is 18.2 Å². The molecule has 3 heteroatoms. The van der Waals surface area contributed by atoms with Gasteiger partial charge in [0.25, 0.3) is 0 Å². The van der Waals surface area contributed by atoms with Gasteiger partial charge in [-0.15, -0.1) is 0 Å². The molecule has 0 amide bonds. The number of hydrogen-bond donors (Lipinski definition) is 0. The summed E-state index contributed by atoms with van der Waals surface area (Å²) in [6, 6.07) is 17.1. The van der Waals surface area contributed by atoms with E-state index in [-0.39, 0.29) is 17.5 Å². The molecule has 0 fully saturated rings. The molecular formula is C20H17NO2. The van der Waals surface area contributed by atoms with E-state index in [1.807, 2.05) is 42.5 Å². The summed E-state index contributed by atoms with van der Waals surface area (Å²) in [6.07, 6.45) is 4.04. The number of rotatable bonds is 4. The predicted molar refractivity (Wildman–Crippen MR) is 90.9 cm³/mol. The summed E-state index contributed by atoms with van der Waals surface area (Å²) in [5.41, 5.74) is 3.18. The Morgan fingerprint density at radius 1 is 1.04 bits per heavy atom. The van der Waals surface area contributed by atoms with Crippen LogP contribution in [0.1, 0.15) is 34.3 Å². The topological polar surface area (TPSA) is 46.5 Å². The molecule has 3 nitrogen and oxygen atoms in total. The van der Waals surface area contributed by atoms with Crippen LogP contribution < -0.4 is 0 Å². The monoisotopic (exact) mass is 303 g/mol. The Hall–Kier alpha value is -2.81. The number of Topliss-reactive ketones (excluding diaryl/α,β-unsaturated/α-hetero) is 2. The standard InChI is InChI=1S/C20H17NO2/c1-14(22)16-7-9-17(10-8-16)18-11-12-21-19(20(18)23)13-15-5-3-2-4-6-15/h2-12,18H,13H2,1H3. The second kappa shape index (κ2) is 6.53. The third kappa shape index (κ3) is 3.34. The van der Waals surface area contributed by atoms with Gasteiger partial charge >= 0.3 is 0 Å². The summed E-state index contributed by atoms with van der Waals surface area (Å²) in [4.78, 5) is 28.3. The van der Waals surface area contributed by atoms with Crippen LogP contribution in [0.4, 0.5) is 0 Å². The van der Waals surface area contributed by atoms with Crippen molar-refractivity contribution in [3.8, 4) is 0 Å². The van der Waals surface area contributed by atoms with E-state index in [0.717, 1.165) is 11.1 Å². The minimum Gasteiger partial charge on any atom is -0.295 e. The predicted octanol–water partition coefficient (Wildman–Crippen LogP) is 3.75. The number of ketones is 2. The molecule has 1 aliphatic rings. The average molecular weight is 303 g/mol. The van der Waals surface area contributed by atoms with Gasteiger partial charge < -0.3 is 0 Å². The van der Waals surface area contributed by atoms with Gasteiger partial charge in [-0.05, 0) is 18.1 Å². The molecule has 1 atom stereocenters. The van der Waals surface area contributed by atoms with Crippen molar-refractivity contribution >= 4 is 17.3 Å². The summed E-state index contributed by atoms with van der Waals surface area (Å²) in [6.45, 7) is 1.53. The molecule has 0 saturated heterocycles. The molecule has 1 unspecified atom stereocenters. The fraction of sp³-hybridized carbons (Fsp3) is 0.150. The van der Waals surface area contributed by atoms with Gasteiger partial charge in [-0.1, -0.05) is 60.7 Å². The van der Waals surface area contributed by atoms with E-state index in [2.05, 4.69) is 4.99 Å². The van der Waals surface area contributed by atoms with Crippen LogP contribution in [-0.4, -0.2) is 17.3 Å². The highest BCUT2D eigenvalue weighted by atomic mass is 16.1. The Labute approximate surface area is 135 Å². The Balaban J connectivity index is 1.80. The van der Waals surface area contributed by atoms with Gasteiger partial charge in [0.15, 0.2) is 11.6 Å². The lowest BCUT2D eigenvalue weighted by Crippen LogP contribution is -2.25. The van der Waals surface area contributed by atoms with Crippen LogP contribution in [0.3, 0.4) is 0 Å². The van der Waals surface area contributed by atoms with Gasteiger partial charge in [0.1, 0.15) is 0 Å². The smallest absolute Gasteiger partial charge is 0.188 e. The molecule has 114 valence electrons. The molecule has 23 heavy (non-hydrogen) atoms. The number of carbonyl (C=O) groups excluding carboxylic acids is 2. The number of carbonyl (C=O) groups is 2. The van der Waals surface area contributed by atoms with Crippen LogP contribution in [0.25, 0.3) is 0 Å². The van der Waals surface area contributed by atoms with E-state index in [4.69, 9.17) is 0 Å². The molecule has 2 aromatic carbocycles. The number of benzene rings is 2. The second-order valence-corrected chi connectivity index (χ2v) is 5.60. The Bertz CT molecular complexity index is 786. The van der Waals surface area contributed by atoms with Crippen LogP contribution in [0.5, 0.6) is 0 Å². The van der Waals surface area contributed by atoms with E-state index < -0.39 is 0 Å². The maximum Gasteiger partial charge on any atom is 0.188 e. The van der Waals surface area contributed by atoms with Crippen molar-refractivity contribution < 1.29 is 9.59 Å². The maximum absolute atomic E-state index is 12.7. The van der Waals surface area contributed by atoms with Gasteiger partial charge in [-0.25, -0.2) is 0 Å². The maximum atomic E-state index is 12.7. The number of hydrogen-bond acceptors (Lipinski definition) is 3. The Kier molecular flexibility index (Phi) is 4.29. The van der Waals surface area contributed by atoms with Gasteiger partial charge in [-0.2, -0.15) is 0 Å². The fourth-order valence-corrected chi connectivity index (χ4v) is 2.66. The number of allylic oxidation sites excluding steroid dienone is 1. The van der Waals surface area contributed by atoms with Crippen molar-refractivity contribution in [1.82, 2.24) is 0 Å². The zero-order valence-corrected chi connectivity index (χ0v) is 12.9. The molecule has 0 bridgehead atoms. The summed E-state index contributed by atoms with van der Waals surface area (Å²) >= 11 is 0. The average Bonchev–Trinajstić information content (AvgIpc) is 2.58. The van der Waals surface area contributed by atoms with Gasteiger partial charge in [0.05, 0.1) is 11.6 Å². The van der Waals surface area contributed by atoms with Crippen LogP contribution in [0.2, 0.25) is 0 Å². The summed E-state index contributed by atoms with van der Waals surface area (Å²) < 4.78 is 0. The van der Waals surface area contributed by atoms with E-state index in [0.29, 0.717) is 17.7 Å². The fourth-order valence-electron chi connectivity index (χ4n) is 2.66. The zero-order valence-electron chi connectivity index (χ0n) is 12.9. The molecule has 0 spiro atoms. The van der Waals surface area contributed by atoms with Crippen molar-refractivity contribution in [2.45, 2.75) is 19.3 Å². The van der Waals surface area contributed by atoms with Crippen molar-refractivity contribution in [2.75, 3.05) is 0 Å². The first-order chi connectivity index (χ1) is 11.1. The largest absolute Gasteiger partial charge is 0.295 e. The lowest BCUT2D eigenvalue weighted by atomic mass is 9.88. The van der Waals surface area contributed by atoms with E-state index in [1.54, 1.807) is 24.4 Å². The van der Waals surface area contributed by atoms with Gasteiger partial charge in [-0.3, -0.25) is 14.6 Å². The lowest BCUT2D eigenvalue weighted by Gasteiger charge is -2.17. The highest BCUT2D eigenvalue weighted by molar-refractivity contribution is 6.43. The van der Waals surface area contributed by atoms with Crippen LogP contribution in [0, 0.1) is 0 Å². The van der Waals surface area contributed by atoms with Gasteiger partial charge in [0.2, 0.25) is 0 Å². The molecule has 3 rings (SSSR count). The van der Waals surface area contributed by atoms with Crippen LogP contribution in [0.15, 0.2) is 71.9 Å².